The van der Waals surface area contributed by atoms with E-state index in [4.69, 9.17) is 27.0 Å². The monoisotopic (exact) mass is 926 g/mol. The molecule has 0 atom stereocenters. The van der Waals surface area contributed by atoms with Crippen molar-refractivity contribution in [1.29, 1.82) is 0 Å². The van der Waals surface area contributed by atoms with Crippen molar-refractivity contribution in [2.24, 2.45) is 0 Å². The number of thiophene rings is 3. The Balaban J connectivity index is 1.10. The molecule has 0 spiro atoms. The molecule has 0 unspecified atom stereocenters. The molecule has 0 amide bonds. The molecule has 11 heteroatoms. The van der Waals surface area contributed by atoms with Gasteiger partial charge in [-0.1, -0.05) is 139 Å². The summed E-state index contributed by atoms with van der Waals surface area (Å²) in [5.74, 6) is 1.85. The number of fused-ring (bicyclic) bond motifs is 3. The average molecular weight is 927 g/mol. The van der Waals surface area contributed by atoms with Crippen LogP contribution in [-0.4, -0.2) is 30.7 Å². The highest BCUT2D eigenvalue weighted by Crippen LogP contribution is 2.53. The third-order valence-corrected chi connectivity index (χ3v) is 16.5. The molecule has 5 aromatic heterocycles. The van der Waals surface area contributed by atoms with E-state index in [1.54, 1.807) is 11.3 Å². The van der Waals surface area contributed by atoms with Crippen molar-refractivity contribution >= 4 is 88.9 Å². The molecule has 63 heavy (non-hydrogen) atoms. The first kappa shape index (κ1) is 43.7. The van der Waals surface area contributed by atoms with E-state index in [1.807, 2.05) is 22.7 Å². The minimum absolute atomic E-state index is 0.675. The van der Waals surface area contributed by atoms with E-state index in [0.29, 0.717) is 13.2 Å². The number of hydrogen-bond acceptors (Lipinski definition) is 11. The predicted molar refractivity (Wildman–Crippen MR) is 274 cm³/mol. The number of rotatable bonds is 21. The van der Waals surface area contributed by atoms with Gasteiger partial charge in [-0.25, -0.2) is 0 Å². The molecule has 0 aliphatic carbocycles. The van der Waals surface area contributed by atoms with Gasteiger partial charge in [0.2, 0.25) is 0 Å². The van der Waals surface area contributed by atoms with Crippen LogP contribution in [0.25, 0.3) is 84.4 Å². The summed E-state index contributed by atoms with van der Waals surface area (Å²) in [6, 6.07) is 30.3. The zero-order valence-electron chi connectivity index (χ0n) is 36.6. The molecular formula is C52H54N4O2S5. The zero-order chi connectivity index (χ0) is 43.1. The number of unbranched alkanes of at least 4 members (excludes halogenated alkanes) is 10. The summed E-state index contributed by atoms with van der Waals surface area (Å²) in [5, 5.41) is 0. The van der Waals surface area contributed by atoms with Crippen LogP contribution in [0.15, 0.2) is 84.9 Å². The Morgan fingerprint density at radius 2 is 0.841 bits per heavy atom. The molecule has 4 aromatic carbocycles. The first-order chi connectivity index (χ1) is 31.1. The SMILES string of the molecule is CCCCCCCCOc1c(C)c(-c2ccccc2)c2nsnc2c1-c1cc2sc(-c3c(C)c(OCCCCCCCC)c(-c4ccc(-c5ccccc5)s4)c4nsnc34)cc2s1. The lowest BCUT2D eigenvalue weighted by molar-refractivity contribution is 0.304. The summed E-state index contributed by atoms with van der Waals surface area (Å²) in [6.07, 6.45) is 14.6. The van der Waals surface area contributed by atoms with Gasteiger partial charge in [0.05, 0.1) is 47.8 Å². The second kappa shape index (κ2) is 20.5. The molecule has 0 saturated carbocycles. The number of ether oxygens (including phenoxy) is 2. The second-order valence-electron chi connectivity index (χ2n) is 16.4. The highest BCUT2D eigenvalue weighted by molar-refractivity contribution is 7.31. The third kappa shape index (κ3) is 9.23. The molecule has 0 bridgehead atoms. The van der Waals surface area contributed by atoms with Gasteiger partial charge in [0, 0.05) is 51.2 Å². The van der Waals surface area contributed by atoms with Crippen LogP contribution < -0.4 is 9.47 Å². The highest BCUT2D eigenvalue weighted by Gasteiger charge is 2.28. The molecular weight excluding hydrogens is 873 g/mol. The van der Waals surface area contributed by atoms with E-state index < -0.39 is 0 Å². The van der Waals surface area contributed by atoms with Gasteiger partial charge < -0.3 is 9.47 Å². The first-order valence-electron chi connectivity index (χ1n) is 22.6. The molecule has 324 valence electrons. The van der Waals surface area contributed by atoms with Crippen molar-refractivity contribution in [2.45, 2.75) is 105 Å². The van der Waals surface area contributed by atoms with Crippen LogP contribution in [-0.2, 0) is 0 Å². The van der Waals surface area contributed by atoms with E-state index in [1.165, 1.54) is 112 Å². The lowest BCUT2D eigenvalue weighted by atomic mass is 9.94. The molecule has 5 heterocycles. The Kier molecular flexibility index (Phi) is 14.3. The van der Waals surface area contributed by atoms with Crippen LogP contribution >= 0.6 is 57.5 Å². The normalized spacial score (nSPS) is 11.7. The van der Waals surface area contributed by atoms with Gasteiger partial charge in [-0.05, 0) is 62.1 Å². The van der Waals surface area contributed by atoms with Gasteiger partial charge in [-0.3, -0.25) is 0 Å². The quantitative estimate of drug-likeness (QED) is 0.0669. The predicted octanol–water partition coefficient (Wildman–Crippen LogP) is 17.5. The van der Waals surface area contributed by atoms with E-state index in [0.717, 1.165) is 95.1 Å². The van der Waals surface area contributed by atoms with E-state index in [2.05, 4.69) is 113 Å². The number of aromatic nitrogens is 4. The summed E-state index contributed by atoms with van der Waals surface area (Å²) in [5.41, 5.74) is 12.6. The van der Waals surface area contributed by atoms with Crippen molar-refractivity contribution in [3.05, 3.63) is 96.1 Å². The Morgan fingerprint density at radius 1 is 0.413 bits per heavy atom. The molecule has 6 nitrogen and oxygen atoms in total. The molecule has 9 rings (SSSR count). The number of benzene rings is 4. The van der Waals surface area contributed by atoms with E-state index in [9.17, 15) is 0 Å². The van der Waals surface area contributed by atoms with Gasteiger partial charge in [0.25, 0.3) is 0 Å². The maximum Gasteiger partial charge on any atom is 0.133 e. The molecule has 0 aliphatic rings. The third-order valence-electron chi connectivity index (χ3n) is 12.0. The molecule has 0 N–H and O–H groups in total. The largest absolute Gasteiger partial charge is 0.493 e. The first-order valence-corrected chi connectivity index (χ1v) is 26.5. The second-order valence-corrected chi connectivity index (χ2v) is 20.7. The molecule has 0 saturated heterocycles. The molecule has 0 aliphatic heterocycles. The van der Waals surface area contributed by atoms with Gasteiger partial charge in [-0.15, -0.1) is 34.0 Å². The van der Waals surface area contributed by atoms with Crippen LogP contribution in [0, 0.1) is 13.8 Å². The van der Waals surface area contributed by atoms with Crippen LogP contribution in [0.4, 0.5) is 0 Å². The highest BCUT2D eigenvalue weighted by atomic mass is 32.1. The fourth-order valence-corrected chi connectivity index (χ4v) is 13.4. The van der Waals surface area contributed by atoms with Gasteiger partial charge >= 0.3 is 0 Å². The minimum Gasteiger partial charge on any atom is -0.493 e. The summed E-state index contributed by atoms with van der Waals surface area (Å²) < 4.78 is 36.1. The Hall–Kier alpha value is -4.52. The van der Waals surface area contributed by atoms with Crippen molar-refractivity contribution in [3.8, 4) is 64.4 Å². The maximum atomic E-state index is 6.90. The number of hydrogen-bond donors (Lipinski definition) is 0. The molecule has 9 aromatic rings. The van der Waals surface area contributed by atoms with Gasteiger partial charge in [0.1, 0.15) is 33.6 Å². The van der Waals surface area contributed by atoms with Crippen LogP contribution in [0.5, 0.6) is 11.5 Å². The maximum absolute atomic E-state index is 6.90. The lowest BCUT2D eigenvalue weighted by Gasteiger charge is -2.18. The minimum atomic E-state index is 0.675. The van der Waals surface area contributed by atoms with Crippen LogP contribution in [0.3, 0.4) is 0 Å². The summed E-state index contributed by atoms with van der Waals surface area (Å²) in [6.45, 7) is 10.3. The fourth-order valence-electron chi connectivity index (χ4n) is 8.71. The van der Waals surface area contributed by atoms with Crippen molar-refractivity contribution < 1.29 is 9.47 Å². The number of nitrogens with zero attached hydrogens (tertiary/aromatic N) is 4. The Bertz CT molecular complexity index is 2890. The van der Waals surface area contributed by atoms with E-state index >= 15 is 0 Å². The summed E-state index contributed by atoms with van der Waals surface area (Å²) in [7, 11) is 0. The molecule has 0 fully saturated rings. The van der Waals surface area contributed by atoms with E-state index in [-0.39, 0.29) is 0 Å². The van der Waals surface area contributed by atoms with Gasteiger partial charge in [0.15, 0.2) is 0 Å². The smallest absolute Gasteiger partial charge is 0.133 e. The van der Waals surface area contributed by atoms with Crippen molar-refractivity contribution in [1.82, 2.24) is 17.5 Å². The Morgan fingerprint density at radius 3 is 1.40 bits per heavy atom. The van der Waals surface area contributed by atoms with Gasteiger partial charge in [-0.2, -0.15) is 17.5 Å². The standard InChI is InChI=1S/C52H54N4O2S5/c1-5-7-9-11-13-21-29-57-51-33(3)43(36-25-19-16-20-26-36)47-50(56-62-53-47)46(51)42-32-40-39(61-42)31-41(60-40)44-34(4)52(58-30-22-14-12-10-8-6-2)45(49-48(44)54-63-55-49)38-28-27-37(59-38)35-23-17-15-18-24-35/h15-20,23-28,31-32H,5-14,21-22,29-30H2,1-4H3. The molecule has 0 radical (unpaired) electrons. The van der Waals surface area contributed by atoms with Crippen LogP contribution in [0.1, 0.15) is 102 Å². The zero-order valence-corrected chi connectivity index (χ0v) is 40.7. The van der Waals surface area contributed by atoms with Crippen LogP contribution in [0.2, 0.25) is 0 Å². The summed E-state index contributed by atoms with van der Waals surface area (Å²) >= 11 is 7.99. The summed E-state index contributed by atoms with van der Waals surface area (Å²) in [4.78, 5) is 4.72. The fraction of sp³-hybridized carbons (Fsp3) is 0.346. The average Bonchev–Trinajstić information content (AvgIpc) is 4.17. The lowest BCUT2D eigenvalue weighted by Crippen LogP contribution is -2.03. The van der Waals surface area contributed by atoms with Crippen molar-refractivity contribution in [3.63, 3.8) is 0 Å². The topological polar surface area (TPSA) is 70.0 Å². The Labute approximate surface area is 391 Å². The van der Waals surface area contributed by atoms with Crippen molar-refractivity contribution in [2.75, 3.05) is 13.2 Å².